The predicted octanol–water partition coefficient (Wildman–Crippen LogP) is 4.54. The van der Waals surface area contributed by atoms with E-state index in [1.54, 1.807) is 0 Å². The molecule has 0 unspecified atom stereocenters. The average Bonchev–Trinajstić information content (AvgIpc) is 2.84. The summed E-state index contributed by atoms with van der Waals surface area (Å²) in [5, 5.41) is 0. The Morgan fingerprint density at radius 2 is 2.00 bits per heavy atom. The lowest BCUT2D eigenvalue weighted by atomic mass is 10.1. The molecule has 0 saturated carbocycles. The Bertz CT molecular complexity index is 703. The first-order valence-electron chi connectivity index (χ1n) is 5.79. The summed E-state index contributed by atoms with van der Waals surface area (Å²) in [7, 11) is 0. The molecule has 0 aliphatic heterocycles. The number of oxazole rings is 1. The van der Waals surface area contributed by atoms with Crippen molar-refractivity contribution in [3.8, 4) is 11.5 Å². The maximum Gasteiger partial charge on any atom is 0.227 e. The lowest BCUT2D eigenvalue weighted by molar-refractivity contribution is 0.617. The molecule has 0 aliphatic carbocycles. The molecule has 0 fully saturated rings. The number of hydrogen-bond donors (Lipinski definition) is 0. The molecule has 0 atom stereocenters. The number of benzene rings is 2. The van der Waals surface area contributed by atoms with Crippen LogP contribution in [0.4, 0.5) is 0 Å². The van der Waals surface area contributed by atoms with Crippen molar-refractivity contribution in [2.45, 2.75) is 12.8 Å². The van der Waals surface area contributed by atoms with Crippen molar-refractivity contribution in [3.05, 3.63) is 53.6 Å². The van der Waals surface area contributed by atoms with Gasteiger partial charge in [0.2, 0.25) is 5.89 Å². The number of hydrogen-bond acceptors (Lipinski definition) is 2. The fraction of sp³-hybridized carbons (Fsp3) is 0.133. The minimum atomic E-state index is 0.493. The predicted molar refractivity (Wildman–Crippen MR) is 73.7 cm³/mol. The topological polar surface area (TPSA) is 26.0 Å². The van der Waals surface area contributed by atoms with Gasteiger partial charge in [-0.15, -0.1) is 11.6 Å². The van der Waals surface area contributed by atoms with Crippen LogP contribution >= 0.6 is 11.6 Å². The minimum absolute atomic E-state index is 0.493. The molecule has 2 nitrogen and oxygen atoms in total. The highest BCUT2D eigenvalue weighted by Crippen LogP contribution is 2.26. The van der Waals surface area contributed by atoms with Gasteiger partial charge in [0.15, 0.2) is 5.58 Å². The van der Waals surface area contributed by atoms with Crippen molar-refractivity contribution in [1.29, 1.82) is 0 Å². The van der Waals surface area contributed by atoms with E-state index < -0.39 is 0 Å². The zero-order valence-electron chi connectivity index (χ0n) is 9.98. The van der Waals surface area contributed by atoms with E-state index in [0.29, 0.717) is 11.8 Å². The highest BCUT2D eigenvalue weighted by molar-refractivity contribution is 6.17. The number of alkyl halides is 1. The van der Waals surface area contributed by atoms with Gasteiger partial charge in [0.05, 0.1) is 0 Å². The summed E-state index contributed by atoms with van der Waals surface area (Å²) in [6, 6.07) is 13.9. The van der Waals surface area contributed by atoms with Crippen LogP contribution in [0.2, 0.25) is 0 Å². The first-order valence-corrected chi connectivity index (χ1v) is 6.33. The molecular formula is C15H12ClNO. The summed E-state index contributed by atoms with van der Waals surface area (Å²) in [5.41, 5.74) is 4.86. The van der Waals surface area contributed by atoms with Gasteiger partial charge in [0, 0.05) is 11.4 Å². The van der Waals surface area contributed by atoms with E-state index in [0.717, 1.165) is 27.8 Å². The third-order valence-corrected chi connectivity index (χ3v) is 3.25. The summed E-state index contributed by atoms with van der Waals surface area (Å²) in [5.74, 6) is 1.14. The molecule has 0 aliphatic rings. The van der Waals surface area contributed by atoms with Crippen molar-refractivity contribution in [3.63, 3.8) is 0 Å². The molecule has 3 aromatic rings. The third-order valence-electron chi connectivity index (χ3n) is 2.94. The number of rotatable bonds is 2. The van der Waals surface area contributed by atoms with E-state index in [9.17, 15) is 0 Å². The van der Waals surface area contributed by atoms with E-state index in [-0.39, 0.29) is 0 Å². The van der Waals surface area contributed by atoms with Gasteiger partial charge in [-0.1, -0.05) is 24.3 Å². The van der Waals surface area contributed by atoms with Gasteiger partial charge in [-0.05, 0) is 36.2 Å². The summed E-state index contributed by atoms with van der Waals surface area (Å²) in [6.45, 7) is 2.02. The van der Waals surface area contributed by atoms with Crippen LogP contribution in [-0.2, 0) is 5.88 Å². The maximum atomic E-state index is 5.84. The van der Waals surface area contributed by atoms with Crippen molar-refractivity contribution in [1.82, 2.24) is 4.98 Å². The van der Waals surface area contributed by atoms with Crippen LogP contribution < -0.4 is 0 Å². The van der Waals surface area contributed by atoms with Crippen LogP contribution in [0.15, 0.2) is 46.9 Å². The van der Waals surface area contributed by atoms with E-state index in [1.165, 1.54) is 0 Å². The lowest BCUT2D eigenvalue weighted by Crippen LogP contribution is -1.81. The number of para-hydroxylation sites is 1. The molecule has 1 heterocycles. The van der Waals surface area contributed by atoms with Gasteiger partial charge in [-0.2, -0.15) is 0 Å². The molecule has 90 valence electrons. The number of aromatic nitrogens is 1. The zero-order valence-corrected chi connectivity index (χ0v) is 10.7. The Labute approximate surface area is 110 Å². The molecule has 0 bridgehead atoms. The van der Waals surface area contributed by atoms with Crippen LogP contribution in [0, 0.1) is 6.92 Å². The van der Waals surface area contributed by atoms with Crippen LogP contribution in [0.1, 0.15) is 11.1 Å². The van der Waals surface area contributed by atoms with Gasteiger partial charge in [-0.25, -0.2) is 4.98 Å². The fourth-order valence-corrected chi connectivity index (χ4v) is 2.16. The second kappa shape index (κ2) is 4.46. The van der Waals surface area contributed by atoms with Crippen LogP contribution in [0.5, 0.6) is 0 Å². The highest BCUT2D eigenvalue weighted by Gasteiger charge is 2.09. The Hall–Kier alpha value is -1.80. The zero-order chi connectivity index (χ0) is 12.5. The molecular weight excluding hydrogens is 246 g/mol. The number of aryl methyl sites for hydroxylation is 1. The van der Waals surface area contributed by atoms with Crippen molar-refractivity contribution in [2.24, 2.45) is 0 Å². The molecule has 0 amide bonds. The Morgan fingerprint density at radius 3 is 2.78 bits per heavy atom. The molecule has 0 N–H and O–H groups in total. The fourth-order valence-electron chi connectivity index (χ4n) is 2.00. The molecule has 0 saturated heterocycles. The Morgan fingerprint density at radius 1 is 1.17 bits per heavy atom. The van der Waals surface area contributed by atoms with Gasteiger partial charge >= 0.3 is 0 Å². The Kier molecular flexibility index (Phi) is 2.80. The molecule has 1 aromatic heterocycles. The van der Waals surface area contributed by atoms with Gasteiger partial charge in [0.25, 0.3) is 0 Å². The number of halogens is 1. The van der Waals surface area contributed by atoms with Gasteiger partial charge in [0.1, 0.15) is 5.52 Å². The quantitative estimate of drug-likeness (QED) is 0.630. The third kappa shape index (κ3) is 1.89. The van der Waals surface area contributed by atoms with Crippen LogP contribution in [-0.4, -0.2) is 4.98 Å². The highest BCUT2D eigenvalue weighted by atomic mass is 35.5. The van der Waals surface area contributed by atoms with Crippen LogP contribution in [0.25, 0.3) is 22.6 Å². The molecule has 3 heteroatoms. The smallest absolute Gasteiger partial charge is 0.227 e. The summed E-state index contributed by atoms with van der Waals surface area (Å²) < 4.78 is 5.83. The van der Waals surface area contributed by atoms with Gasteiger partial charge in [-0.3, -0.25) is 0 Å². The largest absolute Gasteiger partial charge is 0.436 e. The molecule has 0 radical (unpaired) electrons. The Balaban J connectivity index is 2.16. The molecule has 2 aromatic carbocycles. The SMILES string of the molecule is Cc1cccc2nc(-c3cccc(CCl)c3)oc12. The second-order valence-corrected chi connectivity index (χ2v) is 4.54. The van der Waals surface area contributed by atoms with E-state index >= 15 is 0 Å². The van der Waals surface area contributed by atoms with Crippen molar-refractivity contribution >= 4 is 22.7 Å². The monoisotopic (exact) mass is 257 g/mol. The van der Waals surface area contributed by atoms with E-state index in [4.69, 9.17) is 16.0 Å². The summed E-state index contributed by atoms with van der Waals surface area (Å²) in [6.07, 6.45) is 0. The maximum absolute atomic E-state index is 5.84. The minimum Gasteiger partial charge on any atom is -0.436 e. The summed E-state index contributed by atoms with van der Waals surface area (Å²) in [4.78, 5) is 4.51. The number of fused-ring (bicyclic) bond motifs is 1. The average molecular weight is 258 g/mol. The first-order chi connectivity index (χ1) is 8.78. The molecule has 3 rings (SSSR count). The molecule has 0 spiro atoms. The van der Waals surface area contributed by atoms with E-state index in [2.05, 4.69) is 4.98 Å². The van der Waals surface area contributed by atoms with Crippen molar-refractivity contribution in [2.75, 3.05) is 0 Å². The molecule has 18 heavy (non-hydrogen) atoms. The standard InChI is InChI=1S/C15H12ClNO/c1-10-4-2-7-13-14(10)18-15(17-13)12-6-3-5-11(8-12)9-16/h2-8H,9H2,1H3. The lowest BCUT2D eigenvalue weighted by Gasteiger charge is -1.98. The first kappa shape index (κ1) is 11.3. The summed E-state index contributed by atoms with van der Waals surface area (Å²) >= 11 is 5.84. The van der Waals surface area contributed by atoms with Crippen LogP contribution in [0.3, 0.4) is 0 Å². The number of nitrogens with zero attached hydrogens (tertiary/aromatic N) is 1. The van der Waals surface area contributed by atoms with E-state index in [1.807, 2.05) is 49.4 Å². The second-order valence-electron chi connectivity index (χ2n) is 4.28. The normalized spacial score (nSPS) is 11.0. The van der Waals surface area contributed by atoms with Crippen molar-refractivity contribution < 1.29 is 4.42 Å². The van der Waals surface area contributed by atoms with Gasteiger partial charge < -0.3 is 4.42 Å².